The van der Waals surface area contributed by atoms with Gasteiger partial charge in [-0.2, -0.15) is 0 Å². The molecule has 2 amide bonds. The molecular weight excluding hydrogens is 359 g/mol. The summed E-state index contributed by atoms with van der Waals surface area (Å²) in [6.45, 7) is 1.98. The molecule has 0 atom stereocenters. The number of hydrogen-bond acceptors (Lipinski definition) is 2. The van der Waals surface area contributed by atoms with Crippen LogP contribution >= 0.6 is 23.2 Å². The molecule has 130 valence electrons. The zero-order valence-electron chi connectivity index (χ0n) is 13.8. The highest BCUT2D eigenvalue weighted by molar-refractivity contribution is 6.44. The van der Waals surface area contributed by atoms with Crippen LogP contribution in [0.4, 0.5) is 11.4 Å². The van der Waals surface area contributed by atoms with Gasteiger partial charge in [0.2, 0.25) is 11.8 Å². The molecule has 2 aromatic rings. The number of amides is 2. The van der Waals surface area contributed by atoms with Gasteiger partial charge in [-0.05, 0) is 36.6 Å². The highest BCUT2D eigenvalue weighted by Crippen LogP contribution is 2.33. The van der Waals surface area contributed by atoms with E-state index in [0.717, 1.165) is 24.1 Å². The number of fused-ring (bicyclic) bond motifs is 1. The van der Waals surface area contributed by atoms with Crippen molar-refractivity contribution < 1.29 is 9.59 Å². The van der Waals surface area contributed by atoms with Crippen molar-refractivity contribution in [2.24, 2.45) is 0 Å². The highest BCUT2D eigenvalue weighted by Gasteiger charge is 2.26. The Kier molecular flexibility index (Phi) is 5.30. The third-order valence-corrected chi connectivity index (χ3v) is 5.12. The Morgan fingerprint density at radius 2 is 1.88 bits per heavy atom. The van der Waals surface area contributed by atoms with Crippen molar-refractivity contribution >= 4 is 46.4 Å². The molecule has 0 N–H and O–H groups in total. The predicted octanol–water partition coefficient (Wildman–Crippen LogP) is 4.33. The fourth-order valence-electron chi connectivity index (χ4n) is 3.08. The first-order chi connectivity index (χ1) is 12.0. The Balaban J connectivity index is 1.88. The largest absolute Gasteiger partial charge is 0.311 e. The van der Waals surface area contributed by atoms with E-state index in [1.54, 1.807) is 23.1 Å². The second-order valence-electron chi connectivity index (χ2n) is 5.96. The van der Waals surface area contributed by atoms with Gasteiger partial charge in [0.05, 0.1) is 15.7 Å². The normalized spacial score (nSPS) is 13.3. The van der Waals surface area contributed by atoms with E-state index in [0.29, 0.717) is 17.3 Å². The molecule has 0 saturated heterocycles. The molecule has 0 radical (unpaired) electrons. The average molecular weight is 377 g/mol. The first-order valence-corrected chi connectivity index (χ1v) is 8.85. The number of hydrogen-bond donors (Lipinski definition) is 0. The Labute approximate surface area is 156 Å². The zero-order chi connectivity index (χ0) is 18.0. The molecule has 0 bridgehead atoms. The Bertz CT molecular complexity index is 823. The quantitative estimate of drug-likeness (QED) is 0.799. The number of para-hydroxylation sites is 1. The van der Waals surface area contributed by atoms with Crippen molar-refractivity contribution in [3.8, 4) is 0 Å². The van der Waals surface area contributed by atoms with E-state index in [1.165, 1.54) is 11.8 Å². The number of carbonyl (C=O) groups is 2. The lowest BCUT2D eigenvalue weighted by molar-refractivity contribution is -0.121. The van der Waals surface area contributed by atoms with E-state index in [4.69, 9.17) is 23.2 Å². The summed E-state index contributed by atoms with van der Waals surface area (Å²) in [6.07, 6.45) is 1.86. The first-order valence-electron chi connectivity index (χ1n) is 8.09. The van der Waals surface area contributed by atoms with Gasteiger partial charge in [-0.25, -0.2) is 0 Å². The minimum atomic E-state index is -0.261. The number of benzene rings is 2. The lowest BCUT2D eigenvalue weighted by atomic mass is 10.0. The molecule has 0 aliphatic carbocycles. The van der Waals surface area contributed by atoms with Crippen LogP contribution < -0.4 is 9.80 Å². The second-order valence-corrected chi connectivity index (χ2v) is 6.74. The van der Waals surface area contributed by atoms with Crippen LogP contribution in [0.2, 0.25) is 10.0 Å². The Morgan fingerprint density at radius 1 is 1.12 bits per heavy atom. The van der Waals surface area contributed by atoms with E-state index in [2.05, 4.69) is 0 Å². The van der Waals surface area contributed by atoms with Crippen LogP contribution in [-0.4, -0.2) is 24.9 Å². The molecule has 1 heterocycles. The lowest BCUT2D eigenvalue weighted by Crippen LogP contribution is -2.44. The standard InChI is InChI=1S/C19H18Cl2N2O2/c1-13(24)23(17-10-4-8-15(20)19(17)21)12-18(25)22-11-5-7-14-6-2-3-9-16(14)22/h2-4,6,8-10H,5,7,11-12H2,1H3. The molecule has 6 heteroatoms. The number of rotatable bonds is 3. The van der Waals surface area contributed by atoms with Crippen LogP contribution in [0.5, 0.6) is 0 Å². The fourth-order valence-corrected chi connectivity index (χ4v) is 3.48. The Hall–Kier alpha value is -2.04. The van der Waals surface area contributed by atoms with Crippen molar-refractivity contribution in [3.05, 3.63) is 58.1 Å². The molecule has 0 saturated carbocycles. The van der Waals surface area contributed by atoms with Crippen LogP contribution in [0.15, 0.2) is 42.5 Å². The first kappa shape index (κ1) is 17.8. The molecular formula is C19H18Cl2N2O2. The number of halogens is 2. The maximum Gasteiger partial charge on any atom is 0.247 e. The van der Waals surface area contributed by atoms with Crippen molar-refractivity contribution in [2.75, 3.05) is 22.9 Å². The summed E-state index contributed by atoms with van der Waals surface area (Å²) in [4.78, 5) is 28.1. The van der Waals surface area contributed by atoms with Crippen LogP contribution in [0.25, 0.3) is 0 Å². The second kappa shape index (κ2) is 7.46. The minimum absolute atomic E-state index is 0.0796. The molecule has 0 unspecified atom stereocenters. The van der Waals surface area contributed by atoms with E-state index in [1.807, 2.05) is 24.3 Å². The SMILES string of the molecule is CC(=O)N(CC(=O)N1CCCc2ccccc21)c1cccc(Cl)c1Cl. The molecule has 0 spiro atoms. The summed E-state index contributed by atoms with van der Waals surface area (Å²) in [5.74, 6) is -0.402. The van der Waals surface area contributed by atoms with Crippen molar-refractivity contribution in [2.45, 2.75) is 19.8 Å². The third kappa shape index (κ3) is 3.65. The molecule has 0 aromatic heterocycles. The summed E-state index contributed by atoms with van der Waals surface area (Å²) in [5, 5.41) is 0.618. The van der Waals surface area contributed by atoms with Gasteiger partial charge in [-0.1, -0.05) is 47.5 Å². The molecule has 0 fully saturated rings. The van der Waals surface area contributed by atoms with Gasteiger partial charge in [0, 0.05) is 19.2 Å². The monoisotopic (exact) mass is 376 g/mol. The average Bonchev–Trinajstić information content (AvgIpc) is 2.61. The van der Waals surface area contributed by atoms with Gasteiger partial charge < -0.3 is 9.80 Å². The Morgan fingerprint density at radius 3 is 2.64 bits per heavy atom. The number of anilines is 2. The van der Waals surface area contributed by atoms with Gasteiger partial charge in [-0.3, -0.25) is 9.59 Å². The predicted molar refractivity (Wildman–Crippen MR) is 102 cm³/mol. The smallest absolute Gasteiger partial charge is 0.247 e. The number of nitrogens with zero attached hydrogens (tertiary/aromatic N) is 2. The fraction of sp³-hybridized carbons (Fsp3) is 0.263. The van der Waals surface area contributed by atoms with Gasteiger partial charge >= 0.3 is 0 Å². The number of carbonyl (C=O) groups excluding carboxylic acids is 2. The molecule has 1 aliphatic rings. The van der Waals surface area contributed by atoms with Crippen LogP contribution in [0.1, 0.15) is 18.9 Å². The maximum atomic E-state index is 12.9. The summed E-state index contributed by atoms with van der Waals surface area (Å²) < 4.78 is 0. The van der Waals surface area contributed by atoms with Gasteiger partial charge in [0.1, 0.15) is 6.54 Å². The van der Waals surface area contributed by atoms with Crippen molar-refractivity contribution in [1.29, 1.82) is 0 Å². The summed E-state index contributed by atoms with van der Waals surface area (Å²) >= 11 is 12.3. The number of aryl methyl sites for hydroxylation is 1. The minimum Gasteiger partial charge on any atom is -0.311 e. The summed E-state index contributed by atoms with van der Waals surface area (Å²) in [7, 11) is 0. The maximum absolute atomic E-state index is 12.9. The van der Waals surface area contributed by atoms with E-state index in [9.17, 15) is 9.59 Å². The van der Waals surface area contributed by atoms with Crippen LogP contribution in [0, 0.1) is 0 Å². The van der Waals surface area contributed by atoms with Crippen molar-refractivity contribution in [3.63, 3.8) is 0 Å². The molecule has 3 rings (SSSR count). The molecule has 2 aromatic carbocycles. The van der Waals surface area contributed by atoms with Gasteiger partial charge in [0.15, 0.2) is 0 Å². The highest BCUT2D eigenvalue weighted by atomic mass is 35.5. The van der Waals surface area contributed by atoms with Crippen molar-refractivity contribution in [1.82, 2.24) is 0 Å². The molecule has 25 heavy (non-hydrogen) atoms. The van der Waals surface area contributed by atoms with Crippen LogP contribution in [-0.2, 0) is 16.0 Å². The molecule has 1 aliphatic heterocycles. The zero-order valence-corrected chi connectivity index (χ0v) is 15.3. The summed E-state index contributed by atoms with van der Waals surface area (Å²) in [6, 6.07) is 12.9. The topological polar surface area (TPSA) is 40.6 Å². The lowest BCUT2D eigenvalue weighted by Gasteiger charge is -2.31. The van der Waals surface area contributed by atoms with Gasteiger partial charge in [-0.15, -0.1) is 0 Å². The van der Waals surface area contributed by atoms with Gasteiger partial charge in [0.25, 0.3) is 0 Å². The summed E-state index contributed by atoms with van der Waals surface area (Å²) in [5.41, 5.74) is 2.51. The third-order valence-electron chi connectivity index (χ3n) is 4.31. The van der Waals surface area contributed by atoms with E-state index < -0.39 is 0 Å². The molecule has 4 nitrogen and oxygen atoms in total. The van der Waals surface area contributed by atoms with E-state index in [-0.39, 0.29) is 23.4 Å². The van der Waals surface area contributed by atoms with E-state index >= 15 is 0 Å². The van der Waals surface area contributed by atoms with Crippen LogP contribution in [0.3, 0.4) is 0 Å².